The summed E-state index contributed by atoms with van der Waals surface area (Å²) in [6.45, 7) is 2.54. The second-order valence-electron chi connectivity index (χ2n) is 2.17. The van der Waals surface area contributed by atoms with E-state index in [0.29, 0.717) is 6.61 Å². The maximum absolute atomic E-state index is 5.38. The highest BCUT2D eigenvalue weighted by molar-refractivity contribution is 9.10. The molecule has 3 heteroatoms. The zero-order chi connectivity index (χ0) is 8.81. The van der Waals surface area contributed by atoms with Crippen molar-refractivity contribution in [3.63, 3.8) is 0 Å². The van der Waals surface area contributed by atoms with Crippen LogP contribution in [-0.4, -0.2) is 11.6 Å². The van der Waals surface area contributed by atoms with Gasteiger partial charge in [0.1, 0.15) is 11.2 Å². The Bertz CT molecular complexity index is 273. The number of hydrogen-bond acceptors (Lipinski definition) is 2. The van der Waals surface area contributed by atoms with E-state index < -0.39 is 0 Å². The Morgan fingerprint density at radius 2 is 2.50 bits per heavy atom. The summed E-state index contributed by atoms with van der Waals surface area (Å²) in [5.41, 5.74) is 0. The molecule has 0 aliphatic rings. The smallest absolute Gasteiger partial charge is 0.152 e. The van der Waals surface area contributed by atoms with E-state index in [4.69, 9.17) is 4.74 Å². The van der Waals surface area contributed by atoms with Crippen molar-refractivity contribution >= 4 is 15.9 Å². The van der Waals surface area contributed by atoms with Gasteiger partial charge in [-0.3, -0.25) is 0 Å². The Hall–Kier alpha value is -0.830. The molecule has 0 atom stereocenters. The molecule has 0 N–H and O–H groups in total. The molecule has 0 unspecified atom stereocenters. The fraction of sp³-hybridized carbons (Fsp3) is 0.222. The molecule has 0 radical (unpaired) electrons. The van der Waals surface area contributed by atoms with Crippen LogP contribution >= 0.6 is 15.9 Å². The van der Waals surface area contributed by atoms with Crippen LogP contribution in [0, 0.1) is 0 Å². The second-order valence-corrected chi connectivity index (χ2v) is 2.92. The van der Waals surface area contributed by atoms with Crippen LogP contribution in [0.1, 0.15) is 6.92 Å². The molecule has 2 nitrogen and oxygen atoms in total. The van der Waals surface area contributed by atoms with E-state index in [1.165, 1.54) is 0 Å². The molecular weight excluding hydrogens is 218 g/mol. The first-order valence-corrected chi connectivity index (χ1v) is 4.48. The summed E-state index contributed by atoms with van der Waals surface area (Å²) in [4.78, 5) is 4.03. The fourth-order valence-electron chi connectivity index (χ4n) is 0.713. The summed E-state index contributed by atoms with van der Waals surface area (Å²) >= 11 is 3.29. The van der Waals surface area contributed by atoms with Crippen LogP contribution in [0.3, 0.4) is 0 Å². The normalized spacial score (nSPS) is 10.5. The number of ether oxygens (including phenoxy) is 1. The molecule has 1 rings (SSSR count). The lowest BCUT2D eigenvalue weighted by atomic mass is 10.4. The molecule has 0 saturated heterocycles. The molecule has 12 heavy (non-hydrogen) atoms. The van der Waals surface area contributed by atoms with Gasteiger partial charge in [0.25, 0.3) is 0 Å². The predicted octanol–water partition coefficient (Wildman–Crippen LogP) is 2.80. The van der Waals surface area contributed by atoms with Gasteiger partial charge < -0.3 is 4.74 Å². The summed E-state index contributed by atoms with van der Waals surface area (Å²) < 4.78 is 6.13. The van der Waals surface area contributed by atoms with Crippen molar-refractivity contribution in [1.29, 1.82) is 0 Å². The van der Waals surface area contributed by atoms with E-state index in [0.717, 1.165) is 10.4 Å². The average molecular weight is 228 g/mol. The SMILES string of the molecule is CC=CCOc1cccnc1Br. The Morgan fingerprint density at radius 1 is 1.67 bits per heavy atom. The van der Waals surface area contributed by atoms with Crippen LogP contribution in [0.4, 0.5) is 0 Å². The molecule has 0 aliphatic heterocycles. The van der Waals surface area contributed by atoms with Crippen molar-refractivity contribution in [2.24, 2.45) is 0 Å². The highest BCUT2D eigenvalue weighted by Crippen LogP contribution is 2.20. The molecule has 1 aromatic rings. The van der Waals surface area contributed by atoms with E-state index in [-0.39, 0.29) is 0 Å². The van der Waals surface area contributed by atoms with E-state index in [9.17, 15) is 0 Å². The van der Waals surface area contributed by atoms with Crippen molar-refractivity contribution in [3.05, 3.63) is 35.1 Å². The number of nitrogens with zero attached hydrogens (tertiary/aromatic N) is 1. The van der Waals surface area contributed by atoms with Crippen molar-refractivity contribution < 1.29 is 4.74 Å². The second kappa shape index (κ2) is 4.93. The zero-order valence-electron chi connectivity index (χ0n) is 6.83. The number of rotatable bonds is 3. The highest BCUT2D eigenvalue weighted by atomic mass is 79.9. The van der Waals surface area contributed by atoms with E-state index >= 15 is 0 Å². The van der Waals surface area contributed by atoms with E-state index in [1.807, 2.05) is 31.2 Å². The van der Waals surface area contributed by atoms with Crippen LogP contribution in [-0.2, 0) is 0 Å². The summed E-state index contributed by atoms with van der Waals surface area (Å²) in [5.74, 6) is 0.774. The largest absolute Gasteiger partial charge is 0.487 e. The van der Waals surface area contributed by atoms with Crippen LogP contribution in [0.15, 0.2) is 35.1 Å². The predicted molar refractivity (Wildman–Crippen MR) is 52.2 cm³/mol. The quantitative estimate of drug-likeness (QED) is 0.586. The molecule has 0 aromatic carbocycles. The number of aromatic nitrogens is 1. The Kier molecular flexibility index (Phi) is 3.80. The van der Waals surface area contributed by atoms with Crippen LogP contribution in [0.25, 0.3) is 0 Å². The molecule has 0 saturated carbocycles. The summed E-state index contributed by atoms with van der Waals surface area (Å²) in [6.07, 6.45) is 5.61. The van der Waals surface area contributed by atoms with Gasteiger partial charge in [0, 0.05) is 6.20 Å². The zero-order valence-corrected chi connectivity index (χ0v) is 8.41. The topological polar surface area (TPSA) is 22.1 Å². The number of pyridine rings is 1. The lowest BCUT2D eigenvalue weighted by Crippen LogP contribution is -1.94. The monoisotopic (exact) mass is 227 g/mol. The first kappa shape index (κ1) is 9.26. The Balaban J connectivity index is 2.57. The minimum absolute atomic E-state index is 0.584. The minimum atomic E-state index is 0.584. The van der Waals surface area contributed by atoms with Crippen molar-refractivity contribution in [2.75, 3.05) is 6.61 Å². The average Bonchev–Trinajstić information content (AvgIpc) is 2.09. The number of halogens is 1. The van der Waals surface area contributed by atoms with Crippen molar-refractivity contribution in [1.82, 2.24) is 4.98 Å². The lowest BCUT2D eigenvalue weighted by Gasteiger charge is -2.03. The van der Waals surface area contributed by atoms with Gasteiger partial charge in [-0.15, -0.1) is 0 Å². The maximum Gasteiger partial charge on any atom is 0.152 e. The van der Waals surface area contributed by atoms with Crippen LogP contribution in [0.5, 0.6) is 5.75 Å². The van der Waals surface area contributed by atoms with Crippen LogP contribution in [0.2, 0.25) is 0 Å². The number of allylic oxidation sites excluding steroid dienone is 1. The molecule has 0 fully saturated rings. The minimum Gasteiger partial charge on any atom is -0.487 e. The maximum atomic E-state index is 5.38. The number of hydrogen-bond donors (Lipinski definition) is 0. The van der Waals surface area contributed by atoms with Crippen LogP contribution < -0.4 is 4.74 Å². The van der Waals surface area contributed by atoms with Gasteiger partial charge in [0.15, 0.2) is 5.75 Å². The summed E-state index contributed by atoms with van der Waals surface area (Å²) in [7, 11) is 0. The van der Waals surface area contributed by atoms with Gasteiger partial charge in [-0.1, -0.05) is 12.2 Å². The molecule has 1 heterocycles. The third kappa shape index (κ3) is 2.66. The highest BCUT2D eigenvalue weighted by Gasteiger charge is 1.97. The molecule has 64 valence electrons. The van der Waals surface area contributed by atoms with Gasteiger partial charge in [0.05, 0.1) is 0 Å². The van der Waals surface area contributed by atoms with Crippen molar-refractivity contribution in [2.45, 2.75) is 6.92 Å². The van der Waals surface area contributed by atoms with Gasteiger partial charge in [-0.2, -0.15) is 0 Å². The fourth-order valence-corrected chi connectivity index (χ4v) is 1.08. The van der Waals surface area contributed by atoms with Crippen molar-refractivity contribution in [3.8, 4) is 5.75 Å². The standard InChI is InChI=1S/C9H10BrNO/c1-2-3-7-12-8-5-4-6-11-9(8)10/h2-6H,7H2,1H3. The van der Waals surface area contributed by atoms with Gasteiger partial charge >= 0.3 is 0 Å². The Morgan fingerprint density at radius 3 is 3.17 bits per heavy atom. The van der Waals surface area contributed by atoms with Gasteiger partial charge in [-0.05, 0) is 35.0 Å². The molecule has 1 aromatic heterocycles. The van der Waals surface area contributed by atoms with E-state index in [1.54, 1.807) is 6.20 Å². The summed E-state index contributed by atoms with van der Waals surface area (Å²) in [5, 5.41) is 0. The molecule has 0 bridgehead atoms. The lowest BCUT2D eigenvalue weighted by molar-refractivity contribution is 0.358. The first-order chi connectivity index (χ1) is 5.84. The molecular formula is C9H10BrNO. The van der Waals surface area contributed by atoms with Gasteiger partial charge in [-0.25, -0.2) is 4.98 Å². The molecule has 0 amide bonds. The first-order valence-electron chi connectivity index (χ1n) is 3.69. The molecule has 0 spiro atoms. The Labute approximate surface area is 80.4 Å². The third-order valence-electron chi connectivity index (χ3n) is 1.30. The third-order valence-corrected chi connectivity index (χ3v) is 1.89. The summed E-state index contributed by atoms with van der Waals surface area (Å²) in [6, 6.07) is 3.72. The molecule has 0 aliphatic carbocycles. The van der Waals surface area contributed by atoms with E-state index in [2.05, 4.69) is 20.9 Å². The van der Waals surface area contributed by atoms with Gasteiger partial charge in [0.2, 0.25) is 0 Å².